The molecule has 1 aromatic carbocycles. The van der Waals surface area contributed by atoms with Gasteiger partial charge in [0.2, 0.25) is 0 Å². The van der Waals surface area contributed by atoms with E-state index in [1.807, 2.05) is 28.3 Å². The second-order valence-corrected chi connectivity index (χ2v) is 17.3. The summed E-state index contributed by atoms with van der Waals surface area (Å²) in [5.74, 6) is 1.00. The van der Waals surface area contributed by atoms with Crippen molar-refractivity contribution in [2.45, 2.75) is 38.5 Å². The molecule has 1 aliphatic heterocycles. The van der Waals surface area contributed by atoms with E-state index in [1.54, 1.807) is 22.9 Å². The van der Waals surface area contributed by atoms with Crippen molar-refractivity contribution in [2.24, 2.45) is 12.5 Å². The topological polar surface area (TPSA) is 89.8 Å². The van der Waals surface area contributed by atoms with Gasteiger partial charge in [-0.15, -0.1) is 0 Å². The molecule has 40 heavy (non-hydrogen) atoms. The summed E-state index contributed by atoms with van der Waals surface area (Å²) < 4.78 is 11.8. The maximum absolute atomic E-state index is 13.8. The summed E-state index contributed by atoms with van der Waals surface area (Å²) in [6.07, 6.45) is 12.8. The molecule has 4 aromatic rings. The maximum atomic E-state index is 13.8. The standard InChI is InChI=1S/C30H37ClN6O2S/c1-35-23-16-34-28-25(26(23)37(29(35)38)22-9-11-30(12-10-22)17-33-18-30)24(21-7-5-20(15-32)6-8-21)27(31)36(28)19-39-13-14-40(2,3)4/h5-8,16,22,33H,9-14,17-19H2,1-4H3. The zero-order valence-electron chi connectivity index (χ0n) is 23.7. The number of imidazole rings is 1. The fraction of sp³-hybridized carbons (Fsp3) is 0.500. The first-order chi connectivity index (χ1) is 19.1. The number of ether oxygens (including phenoxy) is 1. The number of aromatic nitrogens is 4. The van der Waals surface area contributed by atoms with Crippen molar-refractivity contribution in [3.05, 3.63) is 51.7 Å². The number of rotatable bonds is 7. The summed E-state index contributed by atoms with van der Waals surface area (Å²) in [4.78, 5) is 18.6. The smallest absolute Gasteiger partial charge is 0.329 e. The Morgan fingerprint density at radius 3 is 2.50 bits per heavy atom. The van der Waals surface area contributed by atoms with Crippen LogP contribution in [0.3, 0.4) is 0 Å². The molecule has 0 atom stereocenters. The van der Waals surface area contributed by atoms with Gasteiger partial charge in [0.25, 0.3) is 0 Å². The van der Waals surface area contributed by atoms with Crippen molar-refractivity contribution in [2.75, 3.05) is 44.2 Å². The monoisotopic (exact) mass is 580 g/mol. The molecule has 0 radical (unpaired) electrons. The Labute approximate surface area is 241 Å². The predicted molar refractivity (Wildman–Crippen MR) is 165 cm³/mol. The van der Waals surface area contributed by atoms with Gasteiger partial charge in [0.05, 0.1) is 40.9 Å². The van der Waals surface area contributed by atoms with Crippen molar-refractivity contribution in [3.63, 3.8) is 0 Å². The van der Waals surface area contributed by atoms with E-state index in [0.717, 1.165) is 72.1 Å². The second kappa shape index (κ2) is 10.3. The molecule has 0 unspecified atom stereocenters. The Kier molecular flexibility index (Phi) is 7.02. The molecule has 2 fully saturated rings. The Morgan fingerprint density at radius 1 is 1.20 bits per heavy atom. The number of nitriles is 1. The van der Waals surface area contributed by atoms with Gasteiger partial charge in [0, 0.05) is 37.5 Å². The number of aryl methyl sites for hydroxylation is 1. The zero-order valence-corrected chi connectivity index (χ0v) is 25.2. The van der Waals surface area contributed by atoms with E-state index in [0.29, 0.717) is 28.4 Å². The number of fused-ring (bicyclic) bond motifs is 3. The van der Waals surface area contributed by atoms with Crippen LogP contribution in [0.15, 0.2) is 35.3 Å². The van der Waals surface area contributed by atoms with Crippen molar-refractivity contribution in [1.29, 1.82) is 5.26 Å². The first-order valence-electron chi connectivity index (χ1n) is 13.9. The molecule has 1 saturated heterocycles. The molecule has 212 valence electrons. The van der Waals surface area contributed by atoms with Crippen LogP contribution >= 0.6 is 21.6 Å². The summed E-state index contributed by atoms with van der Waals surface area (Å²) in [7, 11) is 1.14. The summed E-state index contributed by atoms with van der Waals surface area (Å²) in [5.41, 5.74) is 5.04. The van der Waals surface area contributed by atoms with E-state index >= 15 is 0 Å². The highest BCUT2D eigenvalue weighted by Gasteiger charge is 2.41. The van der Waals surface area contributed by atoms with Crippen LogP contribution in [-0.2, 0) is 18.5 Å². The molecule has 4 heterocycles. The first-order valence-corrected chi connectivity index (χ1v) is 17.3. The van der Waals surface area contributed by atoms with Crippen LogP contribution in [0.4, 0.5) is 0 Å². The molecular weight excluding hydrogens is 544 g/mol. The van der Waals surface area contributed by atoms with Crippen LogP contribution in [0.1, 0.15) is 37.3 Å². The van der Waals surface area contributed by atoms with Crippen molar-refractivity contribution in [3.8, 4) is 17.2 Å². The normalized spacial score (nSPS) is 17.9. The molecular formula is C30H37ClN6O2S. The van der Waals surface area contributed by atoms with E-state index in [2.05, 4.69) is 30.2 Å². The third-order valence-electron chi connectivity index (χ3n) is 8.80. The number of hydrogen-bond donors (Lipinski definition) is 1. The third-order valence-corrected chi connectivity index (χ3v) is 10.6. The summed E-state index contributed by atoms with van der Waals surface area (Å²) in [5, 5.41) is 14.2. The minimum atomic E-state index is -0.685. The molecule has 6 rings (SSSR count). The largest absolute Gasteiger partial charge is 0.360 e. The summed E-state index contributed by atoms with van der Waals surface area (Å²) in [6, 6.07) is 9.76. The van der Waals surface area contributed by atoms with E-state index < -0.39 is 10.0 Å². The van der Waals surface area contributed by atoms with Crippen LogP contribution in [0, 0.1) is 16.7 Å². The van der Waals surface area contributed by atoms with E-state index in [4.69, 9.17) is 21.3 Å². The summed E-state index contributed by atoms with van der Waals surface area (Å²) in [6.45, 7) is 3.07. The fourth-order valence-corrected chi connectivity index (χ4v) is 7.25. The van der Waals surface area contributed by atoms with Crippen molar-refractivity contribution in [1.82, 2.24) is 24.0 Å². The molecule has 0 bridgehead atoms. The number of halogens is 1. The lowest BCUT2D eigenvalue weighted by Crippen LogP contribution is -2.55. The minimum absolute atomic E-state index is 0.0176. The Morgan fingerprint density at radius 2 is 1.90 bits per heavy atom. The lowest BCUT2D eigenvalue weighted by Gasteiger charge is -2.47. The van der Waals surface area contributed by atoms with Gasteiger partial charge in [-0.3, -0.25) is 13.7 Å². The number of pyridine rings is 1. The lowest BCUT2D eigenvalue weighted by atomic mass is 9.68. The highest BCUT2D eigenvalue weighted by molar-refractivity contribution is 8.32. The molecule has 2 aliphatic rings. The SMILES string of the molecule is Cn1c(=O)n(C2CCC3(CC2)CNC3)c2c3c(-c4ccc(C#N)cc4)c(Cl)n(COCCS(C)(C)C)c3ncc21. The van der Waals surface area contributed by atoms with Gasteiger partial charge in [0.1, 0.15) is 17.5 Å². The number of nitrogens with zero attached hydrogens (tertiary/aromatic N) is 5. The van der Waals surface area contributed by atoms with Crippen LogP contribution in [0.2, 0.25) is 5.15 Å². The van der Waals surface area contributed by atoms with Crippen LogP contribution in [-0.4, -0.2) is 62.9 Å². The van der Waals surface area contributed by atoms with Gasteiger partial charge >= 0.3 is 5.69 Å². The predicted octanol–water partition coefficient (Wildman–Crippen LogP) is 5.25. The highest BCUT2D eigenvalue weighted by atomic mass is 35.5. The van der Waals surface area contributed by atoms with Gasteiger partial charge in [-0.2, -0.15) is 5.26 Å². The van der Waals surface area contributed by atoms with Gasteiger partial charge in [-0.05, 0) is 67.6 Å². The Bertz CT molecular complexity index is 1670. The molecule has 10 heteroatoms. The molecule has 3 aromatic heterocycles. The number of hydrogen-bond acceptors (Lipinski definition) is 5. The van der Waals surface area contributed by atoms with Gasteiger partial charge in [-0.25, -0.2) is 19.8 Å². The Balaban J connectivity index is 1.53. The molecule has 1 spiro atoms. The average Bonchev–Trinajstić information content (AvgIpc) is 3.35. The lowest BCUT2D eigenvalue weighted by molar-refractivity contribution is 0.0843. The highest BCUT2D eigenvalue weighted by Crippen LogP contribution is 2.46. The average molecular weight is 581 g/mol. The van der Waals surface area contributed by atoms with Gasteiger partial charge < -0.3 is 10.1 Å². The Hall–Kier alpha value is -2.77. The minimum Gasteiger partial charge on any atom is -0.360 e. The number of benzene rings is 1. The van der Waals surface area contributed by atoms with Crippen LogP contribution in [0.5, 0.6) is 0 Å². The van der Waals surface area contributed by atoms with E-state index in [-0.39, 0.29) is 18.5 Å². The van der Waals surface area contributed by atoms with Gasteiger partial charge in [0.15, 0.2) is 0 Å². The van der Waals surface area contributed by atoms with E-state index in [1.165, 1.54) is 0 Å². The van der Waals surface area contributed by atoms with Crippen LogP contribution < -0.4 is 11.0 Å². The quantitative estimate of drug-likeness (QED) is 0.301. The third kappa shape index (κ3) is 4.65. The van der Waals surface area contributed by atoms with Crippen LogP contribution in [0.25, 0.3) is 33.2 Å². The second-order valence-electron chi connectivity index (χ2n) is 12.4. The molecule has 1 aliphatic carbocycles. The van der Waals surface area contributed by atoms with Gasteiger partial charge in [-0.1, -0.05) is 23.7 Å². The summed E-state index contributed by atoms with van der Waals surface area (Å²) >= 11 is 7.16. The fourth-order valence-electron chi connectivity index (χ4n) is 6.30. The van der Waals surface area contributed by atoms with Crippen molar-refractivity contribution < 1.29 is 4.74 Å². The molecule has 1 N–H and O–H groups in total. The zero-order chi connectivity index (χ0) is 28.2. The molecule has 1 saturated carbocycles. The molecule has 0 amide bonds. The first kappa shape index (κ1) is 27.4. The van der Waals surface area contributed by atoms with Crippen molar-refractivity contribution >= 4 is 43.7 Å². The van der Waals surface area contributed by atoms with E-state index in [9.17, 15) is 10.1 Å². The molecule has 8 nitrogen and oxygen atoms in total. The maximum Gasteiger partial charge on any atom is 0.329 e. The number of nitrogens with one attached hydrogen (secondary N) is 1.